The second-order valence-electron chi connectivity index (χ2n) is 5.57. The molecule has 2 N–H and O–H groups in total. The molecule has 1 saturated heterocycles. The van der Waals surface area contributed by atoms with Crippen LogP contribution in [-0.2, 0) is 16.6 Å². The van der Waals surface area contributed by atoms with Gasteiger partial charge in [-0.05, 0) is 18.1 Å². The van der Waals surface area contributed by atoms with E-state index >= 15 is 0 Å². The van der Waals surface area contributed by atoms with E-state index in [2.05, 4.69) is 13.8 Å². The first kappa shape index (κ1) is 15.8. The molecule has 0 atom stereocenters. The van der Waals surface area contributed by atoms with Crippen molar-refractivity contribution >= 4 is 21.8 Å². The Bertz CT molecular complexity index is 570. The lowest BCUT2D eigenvalue weighted by Gasteiger charge is -2.23. The van der Waals surface area contributed by atoms with Crippen LogP contribution in [-0.4, -0.2) is 36.3 Å². The van der Waals surface area contributed by atoms with Gasteiger partial charge in [-0.1, -0.05) is 32.0 Å². The molecule has 20 heavy (non-hydrogen) atoms. The van der Waals surface area contributed by atoms with E-state index in [4.69, 9.17) is 5.73 Å². The first-order valence-corrected chi connectivity index (χ1v) is 9.21. The zero-order valence-corrected chi connectivity index (χ0v) is 13.6. The number of sulfonamides is 1. The minimum Gasteiger partial charge on any atom is -0.326 e. The van der Waals surface area contributed by atoms with Crippen LogP contribution in [0.3, 0.4) is 0 Å². The van der Waals surface area contributed by atoms with Crippen LogP contribution in [0.25, 0.3) is 0 Å². The Balaban J connectivity index is 2.30. The van der Waals surface area contributed by atoms with Crippen molar-refractivity contribution in [3.05, 3.63) is 29.8 Å². The van der Waals surface area contributed by atoms with Gasteiger partial charge in [0.05, 0.1) is 4.90 Å². The predicted molar refractivity (Wildman–Crippen MR) is 84.2 cm³/mol. The normalized spacial score (nSPS) is 20.6. The summed E-state index contributed by atoms with van der Waals surface area (Å²) in [6.07, 6.45) is 0.863. The summed E-state index contributed by atoms with van der Waals surface area (Å²) in [5, 5.41) is 0. The van der Waals surface area contributed by atoms with Crippen molar-refractivity contribution in [3.63, 3.8) is 0 Å². The molecule has 112 valence electrons. The van der Waals surface area contributed by atoms with Crippen LogP contribution >= 0.6 is 11.8 Å². The Labute approximate surface area is 125 Å². The number of hydrogen-bond donors (Lipinski definition) is 1. The largest absolute Gasteiger partial charge is 0.326 e. The van der Waals surface area contributed by atoms with Gasteiger partial charge < -0.3 is 5.73 Å². The second kappa shape index (κ2) is 6.05. The highest BCUT2D eigenvalue weighted by molar-refractivity contribution is 8.00. The molecule has 0 amide bonds. The van der Waals surface area contributed by atoms with Crippen LogP contribution < -0.4 is 5.73 Å². The highest BCUT2D eigenvalue weighted by atomic mass is 32.2. The maximum atomic E-state index is 12.8. The van der Waals surface area contributed by atoms with Crippen LogP contribution in [0.4, 0.5) is 0 Å². The molecule has 0 spiro atoms. The molecule has 0 aliphatic carbocycles. The van der Waals surface area contributed by atoms with Crippen LogP contribution in [0.2, 0.25) is 0 Å². The van der Waals surface area contributed by atoms with Crippen molar-refractivity contribution in [2.24, 2.45) is 5.73 Å². The van der Waals surface area contributed by atoms with Crippen LogP contribution in [0.5, 0.6) is 0 Å². The van der Waals surface area contributed by atoms with Gasteiger partial charge >= 0.3 is 0 Å². The van der Waals surface area contributed by atoms with Crippen molar-refractivity contribution in [3.8, 4) is 0 Å². The molecule has 0 unspecified atom stereocenters. The highest BCUT2D eigenvalue weighted by Crippen LogP contribution is 2.32. The smallest absolute Gasteiger partial charge is 0.243 e. The number of benzene rings is 1. The zero-order valence-electron chi connectivity index (χ0n) is 12.0. The number of nitrogens with two attached hydrogens (primary N) is 1. The van der Waals surface area contributed by atoms with Gasteiger partial charge in [-0.2, -0.15) is 16.1 Å². The quantitative estimate of drug-likeness (QED) is 0.927. The highest BCUT2D eigenvalue weighted by Gasteiger charge is 2.31. The monoisotopic (exact) mass is 314 g/mol. The fourth-order valence-electron chi connectivity index (χ4n) is 2.31. The van der Waals surface area contributed by atoms with Gasteiger partial charge in [0.25, 0.3) is 0 Å². The third-order valence-electron chi connectivity index (χ3n) is 3.61. The first-order chi connectivity index (χ1) is 9.37. The minimum absolute atomic E-state index is 0.137. The van der Waals surface area contributed by atoms with E-state index in [0.717, 1.165) is 12.2 Å². The minimum atomic E-state index is -3.44. The molecule has 2 rings (SSSR count). The van der Waals surface area contributed by atoms with Crippen LogP contribution in [0, 0.1) is 0 Å². The van der Waals surface area contributed by atoms with E-state index in [9.17, 15) is 8.42 Å². The summed E-state index contributed by atoms with van der Waals surface area (Å²) in [7, 11) is -3.44. The molecule has 1 aromatic carbocycles. The standard InChI is InChI=1S/C14H22N2O2S2/c1-14(2)7-8-16(9-10-19-14)20(17,18)13-6-4-3-5-12(13)11-15/h3-6H,7-11,15H2,1-2H3. The summed E-state index contributed by atoms with van der Waals surface area (Å²) in [6, 6.07) is 7.01. The third kappa shape index (κ3) is 3.36. The molecule has 1 aliphatic heterocycles. The Kier molecular flexibility index (Phi) is 4.79. The molecule has 0 saturated carbocycles. The molecular weight excluding hydrogens is 292 g/mol. The average Bonchev–Trinajstić information content (AvgIpc) is 2.60. The van der Waals surface area contributed by atoms with Gasteiger partial charge in [-0.15, -0.1) is 0 Å². The van der Waals surface area contributed by atoms with E-state index in [-0.39, 0.29) is 11.3 Å². The molecule has 4 nitrogen and oxygen atoms in total. The molecule has 0 bridgehead atoms. The van der Waals surface area contributed by atoms with E-state index in [1.165, 1.54) is 0 Å². The predicted octanol–water partition coefficient (Wildman–Crippen LogP) is 2.05. The zero-order chi connectivity index (χ0) is 14.8. The lowest BCUT2D eigenvalue weighted by molar-refractivity contribution is 0.415. The van der Waals surface area contributed by atoms with Crippen molar-refractivity contribution in [2.75, 3.05) is 18.8 Å². The summed E-state index contributed by atoms with van der Waals surface area (Å²) in [5.74, 6) is 0.830. The Hall–Kier alpha value is -0.560. The van der Waals surface area contributed by atoms with E-state index in [1.807, 2.05) is 17.8 Å². The summed E-state index contributed by atoms with van der Waals surface area (Å²) >= 11 is 1.84. The van der Waals surface area contributed by atoms with Crippen molar-refractivity contribution in [1.82, 2.24) is 4.31 Å². The Morgan fingerprint density at radius 2 is 2.00 bits per heavy atom. The van der Waals surface area contributed by atoms with Gasteiger partial charge in [0, 0.05) is 30.1 Å². The summed E-state index contributed by atoms with van der Waals surface area (Å²) in [5.41, 5.74) is 6.35. The molecule has 1 aliphatic rings. The molecule has 1 aromatic rings. The van der Waals surface area contributed by atoms with Crippen LogP contribution in [0.1, 0.15) is 25.8 Å². The van der Waals surface area contributed by atoms with Gasteiger partial charge in [-0.3, -0.25) is 0 Å². The molecular formula is C14H22N2O2S2. The molecule has 1 fully saturated rings. The first-order valence-electron chi connectivity index (χ1n) is 6.79. The van der Waals surface area contributed by atoms with Gasteiger partial charge in [-0.25, -0.2) is 8.42 Å². The van der Waals surface area contributed by atoms with Crippen molar-refractivity contribution in [1.29, 1.82) is 0 Å². The average molecular weight is 314 g/mol. The fourth-order valence-corrected chi connectivity index (χ4v) is 5.20. The molecule has 1 heterocycles. The topological polar surface area (TPSA) is 63.4 Å². The maximum Gasteiger partial charge on any atom is 0.243 e. The van der Waals surface area contributed by atoms with Gasteiger partial charge in [0.1, 0.15) is 0 Å². The SMILES string of the molecule is CC1(C)CCN(S(=O)(=O)c2ccccc2CN)CCS1. The van der Waals surface area contributed by atoms with E-state index in [0.29, 0.717) is 23.5 Å². The van der Waals surface area contributed by atoms with Crippen molar-refractivity contribution < 1.29 is 8.42 Å². The summed E-state index contributed by atoms with van der Waals surface area (Å²) in [4.78, 5) is 0.354. The number of rotatable bonds is 3. The molecule has 0 radical (unpaired) electrons. The summed E-state index contributed by atoms with van der Waals surface area (Å²) < 4.78 is 27.3. The van der Waals surface area contributed by atoms with Gasteiger partial charge in [0.2, 0.25) is 10.0 Å². The lowest BCUT2D eigenvalue weighted by Crippen LogP contribution is -2.34. The van der Waals surface area contributed by atoms with Crippen LogP contribution in [0.15, 0.2) is 29.2 Å². The number of hydrogen-bond acceptors (Lipinski definition) is 4. The fraction of sp³-hybridized carbons (Fsp3) is 0.571. The Morgan fingerprint density at radius 1 is 1.30 bits per heavy atom. The summed E-state index contributed by atoms with van der Waals surface area (Å²) in [6.45, 7) is 5.71. The third-order valence-corrected chi connectivity index (χ3v) is 6.98. The molecule has 0 aromatic heterocycles. The lowest BCUT2D eigenvalue weighted by atomic mass is 10.1. The van der Waals surface area contributed by atoms with Gasteiger partial charge in [0.15, 0.2) is 0 Å². The number of thioether (sulfide) groups is 1. The maximum absolute atomic E-state index is 12.8. The number of nitrogens with zero attached hydrogens (tertiary/aromatic N) is 1. The Morgan fingerprint density at radius 3 is 2.70 bits per heavy atom. The van der Waals surface area contributed by atoms with E-state index < -0.39 is 10.0 Å². The second-order valence-corrected chi connectivity index (χ2v) is 9.28. The van der Waals surface area contributed by atoms with Crippen molar-refractivity contribution in [2.45, 2.75) is 36.5 Å². The van der Waals surface area contributed by atoms with E-state index in [1.54, 1.807) is 22.5 Å². The molecule has 6 heteroatoms.